The predicted molar refractivity (Wildman–Crippen MR) is 78.3 cm³/mol. The molecule has 1 rings (SSSR count). The van der Waals surface area contributed by atoms with Gasteiger partial charge in [-0.2, -0.15) is 0 Å². The molecule has 0 aliphatic carbocycles. The second kappa shape index (κ2) is 9.90. The minimum atomic E-state index is -0.493. The summed E-state index contributed by atoms with van der Waals surface area (Å²) in [4.78, 5) is 22.2. The molecule has 21 heavy (non-hydrogen) atoms. The van der Waals surface area contributed by atoms with Crippen LogP contribution in [0.3, 0.4) is 0 Å². The summed E-state index contributed by atoms with van der Waals surface area (Å²) >= 11 is 0. The molecule has 0 heterocycles. The second-order valence-corrected chi connectivity index (χ2v) is 4.72. The molecule has 0 aliphatic heterocycles. The predicted octanol–water partition coefficient (Wildman–Crippen LogP) is 0.457. The Hall–Kier alpha value is -1.92. The van der Waals surface area contributed by atoms with E-state index in [2.05, 4.69) is 5.32 Å². The minimum Gasteiger partial charge on any atom is -0.461 e. The summed E-state index contributed by atoms with van der Waals surface area (Å²) in [6, 6.07) is 9.54. The number of hydrogen-bond acceptors (Lipinski definition) is 5. The van der Waals surface area contributed by atoms with Gasteiger partial charge in [-0.25, -0.2) is 0 Å². The van der Waals surface area contributed by atoms with E-state index < -0.39 is 5.91 Å². The van der Waals surface area contributed by atoms with Gasteiger partial charge < -0.3 is 20.5 Å². The smallest absolute Gasteiger partial charge is 0.310 e. The molecule has 0 saturated heterocycles. The molecule has 0 saturated carbocycles. The molecule has 1 unspecified atom stereocenters. The number of primary amides is 1. The van der Waals surface area contributed by atoms with Gasteiger partial charge in [0.25, 0.3) is 0 Å². The average molecular weight is 294 g/mol. The van der Waals surface area contributed by atoms with E-state index in [0.29, 0.717) is 19.7 Å². The number of amides is 1. The van der Waals surface area contributed by atoms with Crippen LogP contribution in [0.4, 0.5) is 0 Å². The third-order valence-electron chi connectivity index (χ3n) is 2.74. The van der Waals surface area contributed by atoms with Crippen molar-refractivity contribution in [3.63, 3.8) is 0 Å². The van der Waals surface area contributed by atoms with Gasteiger partial charge in [0.2, 0.25) is 5.91 Å². The highest BCUT2D eigenvalue weighted by Gasteiger charge is 2.13. The normalized spacial score (nSPS) is 11.9. The van der Waals surface area contributed by atoms with Crippen molar-refractivity contribution >= 4 is 11.9 Å². The van der Waals surface area contributed by atoms with Gasteiger partial charge in [-0.1, -0.05) is 37.3 Å². The molecule has 6 nitrogen and oxygen atoms in total. The molecular formula is C15H22N2O4. The van der Waals surface area contributed by atoms with E-state index in [1.165, 1.54) is 0 Å². The maximum absolute atomic E-state index is 11.8. The lowest BCUT2D eigenvalue weighted by Crippen LogP contribution is -2.30. The molecule has 1 aromatic carbocycles. The van der Waals surface area contributed by atoms with E-state index in [9.17, 15) is 9.59 Å². The summed E-state index contributed by atoms with van der Waals surface area (Å²) in [5.74, 6) is -0.984. The van der Waals surface area contributed by atoms with Crippen molar-refractivity contribution in [3.05, 3.63) is 35.9 Å². The highest BCUT2D eigenvalue weighted by Crippen LogP contribution is 2.04. The van der Waals surface area contributed by atoms with Crippen LogP contribution in [-0.2, 0) is 25.7 Å². The highest BCUT2D eigenvalue weighted by molar-refractivity contribution is 5.75. The van der Waals surface area contributed by atoms with Crippen molar-refractivity contribution in [1.82, 2.24) is 5.32 Å². The highest BCUT2D eigenvalue weighted by atomic mass is 16.5. The number of esters is 1. The first-order valence-electron chi connectivity index (χ1n) is 6.87. The fourth-order valence-electron chi connectivity index (χ4n) is 1.59. The first-order chi connectivity index (χ1) is 10.1. The Morgan fingerprint density at radius 1 is 1.29 bits per heavy atom. The van der Waals surface area contributed by atoms with Crippen LogP contribution < -0.4 is 11.1 Å². The molecule has 1 amide bonds. The number of carbonyl (C=O) groups is 2. The van der Waals surface area contributed by atoms with Gasteiger partial charge in [-0.15, -0.1) is 0 Å². The van der Waals surface area contributed by atoms with Crippen molar-refractivity contribution in [2.24, 2.45) is 11.7 Å². The molecule has 0 radical (unpaired) electrons. The number of nitrogens with one attached hydrogen (secondary N) is 1. The van der Waals surface area contributed by atoms with Crippen LogP contribution in [0.15, 0.2) is 30.3 Å². The Balaban J connectivity index is 2.09. The van der Waals surface area contributed by atoms with Crippen molar-refractivity contribution in [3.8, 4) is 0 Å². The summed E-state index contributed by atoms with van der Waals surface area (Å²) in [6.45, 7) is 3.40. The van der Waals surface area contributed by atoms with Gasteiger partial charge in [0.1, 0.15) is 13.2 Å². The molecule has 0 aromatic heterocycles. The SMILES string of the molecule is CC(CNCCOCC(N)=O)C(=O)OCc1ccccc1. The Morgan fingerprint density at radius 3 is 2.67 bits per heavy atom. The summed E-state index contributed by atoms with van der Waals surface area (Å²) in [5.41, 5.74) is 5.89. The number of benzene rings is 1. The van der Waals surface area contributed by atoms with E-state index in [1.54, 1.807) is 6.92 Å². The second-order valence-electron chi connectivity index (χ2n) is 4.72. The summed E-state index contributed by atoms with van der Waals surface area (Å²) in [7, 11) is 0. The molecule has 0 fully saturated rings. The zero-order valence-corrected chi connectivity index (χ0v) is 12.2. The molecule has 0 aliphatic rings. The molecule has 116 valence electrons. The van der Waals surface area contributed by atoms with Crippen LogP contribution in [0.2, 0.25) is 0 Å². The minimum absolute atomic E-state index is 0.0870. The number of ether oxygens (including phenoxy) is 2. The van der Waals surface area contributed by atoms with Crippen LogP contribution in [0.1, 0.15) is 12.5 Å². The Morgan fingerprint density at radius 2 is 2.00 bits per heavy atom. The summed E-state index contributed by atoms with van der Waals surface area (Å²) in [5, 5.41) is 3.06. The Kier molecular flexibility index (Phi) is 8.08. The molecule has 0 bridgehead atoms. The van der Waals surface area contributed by atoms with E-state index in [4.69, 9.17) is 15.2 Å². The quantitative estimate of drug-likeness (QED) is 0.483. The Bertz CT molecular complexity index is 437. The maximum atomic E-state index is 11.8. The molecular weight excluding hydrogens is 272 g/mol. The number of hydrogen-bond donors (Lipinski definition) is 2. The molecule has 3 N–H and O–H groups in total. The van der Waals surface area contributed by atoms with Gasteiger partial charge >= 0.3 is 5.97 Å². The van der Waals surface area contributed by atoms with E-state index in [-0.39, 0.29) is 25.1 Å². The van der Waals surface area contributed by atoms with Gasteiger partial charge in [0.05, 0.1) is 12.5 Å². The lowest BCUT2D eigenvalue weighted by molar-refractivity contribution is -0.149. The lowest BCUT2D eigenvalue weighted by atomic mass is 10.2. The fraction of sp³-hybridized carbons (Fsp3) is 0.467. The molecule has 1 atom stereocenters. The van der Waals surface area contributed by atoms with Crippen molar-refractivity contribution < 1.29 is 19.1 Å². The summed E-state index contributed by atoms with van der Waals surface area (Å²) in [6.07, 6.45) is 0. The zero-order valence-electron chi connectivity index (χ0n) is 12.2. The third-order valence-corrected chi connectivity index (χ3v) is 2.74. The third kappa shape index (κ3) is 8.06. The van der Waals surface area contributed by atoms with Crippen LogP contribution in [-0.4, -0.2) is 38.2 Å². The van der Waals surface area contributed by atoms with Gasteiger partial charge in [-0.05, 0) is 5.56 Å². The van der Waals surface area contributed by atoms with E-state index in [1.807, 2.05) is 30.3 Å². The van der Waals surface area contributed by atoms with Crippen LogP contribution in [0, 0.1) is 5.92 Å². The van der Waals surface area contributed by atoms with E-state index in [0.717, 1.165) is 5.56 Å². The largest absolute Gasteiger partial charge is 0.461 e. The monoisotopic (exact) mass is 294 g/mol. The van der Waals surface area contributed by atoms with Gasteiger partial charge in [0, 0.05) is 13.1 Å². The average Bonchev–Trinajstić information content (AvgIpc) is 2.48. The first kappa shape index (κ1) is 17.1. The standard InChI is InChI=1S/C15H22N2O4/c1-12(9-17-7-8-20-11-14(16)18)15(19)21-10-13-5-3-2-4-6-13/h2-6,12,17H,7-11H2,1H3,(H2,16,18). The van der Waals surface area contributed by atoms with Crippen LogP contribution >= 0.6 is 0 Å². The first-order valence-corrected chi connectivity index (χ1v) is 6.87. The molecule has 0 spiro atoms. The van der Waals surface area contributed by atoms with Crippen molar-refractivity contribution in [2.45, 2.75) is 13.5 Å². The number of carbonyl (C=O) groups excluding carboxylic acids is 2. The van der Waals surface area contributed by atoms with Crippen molar-refractivity contribution in [1.29, 1.82) is 0 Å². The van der Waals surface area contributed by atoms with E-state index >= 15 is 0 Å². The number of nitrogens with two attached hydrogens (primary N) is 1. The zero-order chi connectivity index (χ0) is 15.5. The molecule has 6 heteroatoms. The number of rotatable bonds is 10. The molecule has 1 aromatic rings. The maximum Gasteiger partial charge on any atom is 0.310 e. The summed E-state index contributed by atoms with van der Waals surface area (Å²) < 4.78 is 10.2. The van der Waals surface area contributed by atoms with Gasteiger partial charge in [-0.3, -0.25) is 9.59 Å². The fourth-order valence-corrected chi connectivity index (χ4v) is 1.59. The van der Waals surface area contributed by atoms with Crippen LogP contribution in [0.5, 0.6) is 0 Å². The van der Waals surface area contributed by atoms with Crippen molar-refractivity contribution in [2.75, 3.05) is 26.3 Å². The van der Waals surface area contributed by atoms with Crippen LogP contribution in [0.25, 0.3) is 0 Å². The topological polar surface area (TPSA) is 90.6 Å². The Labute approximate surface area is 124 Å². The lowest BCUT2D eigenvalue weighted by Gasteiger charge is -2.12. The van der Waals surface area contributed by atoms with Gasteiger partial charge in [0.15, 0.2) is 0 Å².